The van der Waals surface area contributed by atoms with Crippen LogP contribution in [-0.2, 0) is 4.79 Å². The maximum absolute atomic E-state index is 13.5. The molecular formula is C21H19N3O3. The van der Waals surface area contributed by atoms with Crippen molar-refractivity contribution < 1.29 is 14.1 Å². The van der Waals surface area contributed by atoms with Crippen LogP contribution < -0.4 is 9.80 Å². The third kappa shape index (κ3) is 2.70. The predicted molar refractivity (Wildman–Crippen MR) is 103 cm³/mol. The minimum Gasteiger partial charge on any atom is -0.360 e. The predicted octanol–water partition coefficient (Wildman–Crippen LogP) is 3.58. The number of hydrogen-bond acceptors (Lipinski definition) is 4. The van der Waals surface area contributed by atoms with Crippen LogP contribution in [0.25, 0.3) is 11.3 Å². The summed E-state index contributed by atoms with van der Waals surface area (Å²) in [5.74, 6) is -0.00314. The minimum absolute atomic E-state index is 0.0236. The van der Waals surface area contributed by atoms with Gasteiger partial charge in [0.05, 0.1) is 11.4 Å². The fourth-order valence-electron chi connectivity index (χ4n) is 3.40. The third-order valence-corrected chi connectivity index (χ3v) is 4.92. The van der Waals surface area contributed by atoms with E-state index in [1.165, 1.54) is 4.90 Å². The lowest BCUT2D eigenvalue weighted by atomic mass is 10.0. The first-order chi connectivity index (χ1) is 13.0. The topological polar surface area (TPSA) is 66.7 Å². The molecule has 1 aliphatic rings. The van der Waals surface area contributed by atoms with Crippen LogP contribution in [-0.4, -0.2) is 30.6 Å². The van der Waals surface area contributed by atoms with Gasteiger partial charge in [0.15, 0.2) is 0 Å². The van der Waals surface area contributed by atoms with Crippen molar-refractivity contribution in [1.82, 2.24) is 5.16 Å². The Balaban J connectivity index is 1.84. The van der Waals surface area contributed by atoms with Crippen LogP contribution in [0.2, 0.25) is 0 Å². The lowest BCUT2D eigenvalue weighted by Crippen LogP contribution is -2.46. The second-order valence-electron chi connectivity index (χ2n) is 6.61. The number of hydrogen-bond donors (Lipinski definition) is 0. The first kappa shape index (κ1) is 17.0. The van der Waals surface area contributed by atoms with Gasteiger partial charge in [0, 0.05) is 12.6 Å². The average molecular weight is 361 g/mol. The normalized spacial score (nSPS) is 13.7. The molecule has 3 aromatic rings. The summed E-state index contributed by atoms with van der Waals surface area (Å²) in [4.78, 5) is 29.0. The monoisotopic (exact) mass is 361 g/mol. The molecular weight excluding hydrogens is 342 g/mol. The van der Waals surface area contributed by atoms with E-state index in [2.05, 4.69) is 5.16 Å². The maximum Gasteiger partial charge on any atom is 0.264 e. The van der Waals surface area contributed by atoms with Gasteiger partial charge in [-0.05, 0) is 31.5 Å². The van der Waals surface area contributed by atoms with Crippen molar-refractivity contribution in [3.8, 4) is 11.3 Å². The zero-order valence-corrected chi connectivity index (χ0v) is 15.4. The largest absolute Gasteiger partial charge is 0.360 e. The molecule has 0 aliphatic carbocycles. The Bertz CT molecular complexity index is 1050. The molecule has 0 unspecified atom stereocenters. The third-order valence-electron chi connectivity index (χ3n) is 4.92. The van der Waals surface area contributed by atoms with E-state index < -0.39 is 0 Å². The highest BCUT2D eigenvalue weighted by atomic mass is 16.5. The molecule has 4 rings (SSSR count). The van der Waals surface area contributed by atoms with Crippen LogP contribution >= 0.6 is 0 Å². The van der Waals surface area contributed by atoms with Crippen molar-refractivity contribution in [3.63, 3.8) is 0 Å². The molecule has 27 heavy (non-hydrogen) atoms. The van der Waals surface area contributed by atoms with Gasteiger partial charge in [0.25, 0.3) is 5.91 Å². The summed E-state index contributed by atoms with van der Waals surface area (Å²) < 4.78 is 5.36. The van der Waals surface area contributed by atoms with E-state index in [0.717, 1.165) is 11.1 Å². The molecule has 1 aromatic heterocycles. The molecule has 0 saturated carbocycles. The SMILES string of the molecule is Cc1ccccc1-c1noc(C)c1C(=O)N1CC(=O)N(C)c2ccccc21. The van der Waals surface area contributed by atoms with E-state index in [1.807, 2.05) is 55.5 Å². The summed E-state index contributed by atoms with van der Waals surface area (Å²) >= 11 is 0. The van der Waals surface area contributed by atoms with E-state index >= 15 is 0 Å². The molecule has 1 aliphatic heterocycles. The summed E-state index contributed by atoms with van der Waals surface area (Å²) in [5, 5.41) is 4.13. The molecule has 0 bridgehead atoms. The fourth-order valence-corrected chi connectivity index (χ4v) is 3.40. The number of benzene rings is 2. The van der Waals surface area contributed by atoms with Crippen LogP contribution in [0, 0.1) is 13.8 Å². The Kier molecular flexibility index (Phi) is 4.03. The standard InChI is InChI=1S/C21H19N3O3/c1-13-8-4-5-9-15(13)20-19(14(2)27-22-20)21(26)24-12-18(25)23(3)16-10-6-7-11-17(16)24/h4-11H,12H2,1-3H3. The summed E-state index contributed by atoms with van der Waals surface area (Å²) in [7, 11) is 1.71. The second-order valence-corrected chi connectivity index (χ2v) is 6.61. The summed E-state index contributed by atoms with van der Waals surface area (Å²) in [6.45, 7) is 3.65. The van der Waals surface area contributed by atoms with E-state index in [-0.39, 0.29) is 18.4 Å². The minimum atomic E-state index is -0.291. The number of rotatable bonds is 2. The number of carbonyl (C=O) groups is 2. The van der Waals surface area contributed by atoms with Gasteiger partial charge in [-0.25, -0.2) is 0 Å². The van der Waals surface area contributed by atoms with Crippen molar-refractivity contribution in [2.75, 3.05) is 23.4 Å². The van der Waals surface area contributed by atoms with Gasteiger partial charge in [0.2, 0.25) is 5.91 Å². The van der Waals surface area contributed by atoms with Crippen molar-refractivity contribution in [2.45, 2.75) is 13.8 Å². The number of amides is 2. The van der Waals surface area contributed by atoms with Gasteiger partial charge in [-0.1, -0.05) is 41.6 Å². The molecule has 0 saturated heterocycles. The Morgan fingerprint density at radius 2 is 1.70 bits per heavy atom. The zero-order valence-electron chi connectivity index (χ0n) is 15.4. The van der Waals surface area contributed by atoms with Crippen LogP contribution in [0.4, 0.5) is 11.4 Å². The van der Waals surface area contributed by atoms with Gasteiger partial charge >= 0.3 is 0 Å². The van der Waals surface area contributed by atoms with Gasteiger partial charge in [-0.15, -0.1) is 0 Å². The number of likely N-dealkylation sites (N-methyl/N-ethyl adjacent to an activating group) is 1. The molecule has 0 spiro atoms. The summed E-state index contributed by atoms with van der Waals surface area (Å²) in [5.41, 5.74) is 4.12. The number of aromatic nitrogens is 1. The highest BCUT2D eigenvalue weighted by Crippen LogP contribution is 2.35. The number of fused-ring (bicyclic) bond motifs is 1. The van der Waals surface area contributed by atoms with E-state index in [0.29, 0.717) is 28.4 Å². The Morgan fingerprint density at radius 1 is 1.04 bits per heavy atom. The molecule has 0 radical (unpaired) electrons. The van der Waals surface area contributed by atoms with Crippen molar-refractivity contribution in [3.05, 3.63) is 65.4 Å². The van der Waals surface area contributed by atoms with E-state index in [4.69, 9.17) is 4.52 Å². The number of nitrogens with zero attached hydrogens (tertiary/aromatic N) is 3. The summed E-state index contributed by atoms with van der Waals surface area (Å²) in [6, 6.07) is 15.1. The highest BCUT2D eigenvalue weighted by molar-refractivity contribution is 6.17. The van der Waals surface area contributed by atoms with Gasteiger partial charge in [-0.3, -0.25) is 14.5 Å². The van der Waals surface area contributed by atoms with Crippen molar-refractivity contribution >= 4 is 23.2 Å². The van der Waals surface area contributed by atoms with Crippen molar-refractivity contribution in [2.24, 2.45) is 0 Å². The van der Waals surface area contributed by atoms with Crippen molar-refractivity contribution in [1.29, 1.82) is 0 Å². The number of anilines is 2. The smallest absolute Gasteiger partial charge is 0.264 e. The fraction of sp³-hybridized carbons (Fsp3) is 0.190. The maximum atomic E-state index is 13.5. The first-order valence-corrected chi connectivity index (χ1v) is 8.68. The van der Waals surface area contributed by atoms with E-state index in [1.54, 1.807) is 18.9 Å². The second kappa shape index (κ2) is 6.39. The molecule has 6 nitrogen and oxygen atoms in total. The van der Waals surface area contributed by atoms with Crippen LogP contribution in [0.1, 0.15) is 21.7 Å². The quantitative estimate of drug-likeness (QED) is 0.700. The van der Waals surface area contributed by atoms with Crippen LogP contribution in [0.3, 0.4) is 0 Å². The van der Waals surface area contributed by atoms with Gasteiger partial charge < -0.3 is 9.42 Å². The molecule has 0 fully saturated rings. The molecule has 136 valence electrons. The molecule has 6 heteroatoms. The lowest BCUT2D eigenvalue weighted by molar-refractivity contribution is -0.117. The molecule has 0 N–H and O–H groups in total. The Morgan fingerprint density at radius 3 is 2.44 bits per heavy atom. The molecule has 0 atom stereocenters. The van der Waals surface area contributed by atoms with Gasteiger partial charge in [0.1, 0.15) is 23.6 Å². The van der Waals surface area contributed by atoms with Crippen LogP contribution in [0.15, 0.2) is 53.1 Å². The number of para-hydroxylation sites is 2. The van der Waals surface area contributed by atoms with Gasteiger partial charge in [-0.2, -0.15) is 0 Å². The van der Waals surface area contributed by atoms with E-state index in [9.17, 15) is 9.59 Å². The Hall–Kier alpha value is -3.41. The Labute approximate surface area is 157 Å². The molecule has 2 aromatic carbocycles. The number of aryl methyl sites for hydroxylation is 2. The first-order valence-electron chi connectivity index (χ1n) is 8.68. The number of carbonyl (C=O) groups excluding carboxylic acids is 2. The zero-order chi connectivity index (χ0) is 19.1. The molecule has 2 amide bonds. The summed E-state index contributed by atoms with van der Waals surface area (Å²) in [6.07, 6.45) is 0. The van der Waals surface area contributed by atoms with Crippen LogP contribution in [0.5, 0.6) is 0 Å². The lowest BCUT2D eigenvalue weighted by Gasteiger charge is -2.34. The highest BCUT2D eigenvalue weighted by Gasteiger charge is 2.34. The molecule has 2 heterocycles. The average Bonchev–Trinajstić information content (AvgIpc) is 3.06.